The number of hydrogen-bond acceptors (Lipinski definition) is 5. The summed E-state index contributed by atoms with van der Waals surface area (Å²) in [5, 5.41) is 6.04. The zero-order valence-electron chi connectivity index (χ0n) is 11.6. The number of anilines is 1. The van der Waals surface area contributed by atoms with E-state index in [9.17, 15) is 0 Å². The Labute approximate surface area is 131 Å². The number of nitrogen functional groups attached to an aromatic ring is 1. The van der Waals surface area contributed by atoms with Gasteiger partial charge in [0, 0.05) is 9.75 Å². The first-order chi connectivity index (χ1) is 10.3. The van der Waals surface area contributed by atoms with Gasteiger partial charge in [0.2, 0.25) is 0 Å². The second-order valence-electron chi connectivity index (χ2n) is 5.37. The molecule has 0 aromatic carbocycles. The van der Waals surface area contributed by atoms with Crippen molar-refractivity contribution in [1.82, 2.24) is 5.16 Å². The van der Waals surface area contributed by atoms with Crippen molar-refractivity contribution in [3.05, 3.63) is 34.0 Å². The van der Waals surface area contributed by atoms with Crippen LogP contribution in [0.4, 0.5) is 5.82 Å². The van der Waals surface area contributed by atoms with E-state index in [0.717, 1.165) is 21.1 Å². The smallest absolute Gasteiger partial charge is 0.187 e. The zero-order valence-corrected chi connectivity index (χ0v) is 13.2. The Morgan fingerprint density at radius 3 is 2.90 bits per heavy atom. The number of rotatable bonds is 2. The number of thiophene rings is 2. The highest BCUT2D eigenvalue weighted by Gasteiger charge is 2.22. The molecule has 0 saturated carbocycles. The van der Waals surface area contributed by atoms with Gasteiger partial charge in [-0.25, -0.2) is 0 Å². The molecule has 0 radical (unpaired) electrons. The van der Waals surface area contributed by atoms with E-state index in [0.29, 0.717) is 5.82 Å². The summed E-state index contributed by atoms with van der Waals surface area (Å²) >= 11 is 3.51. The quantitative estimate of drug-likeness (QED) is 0.678. The first-order valence-corrected chi connectivity index (χ1v) is 8.93. The molecule has 0 spiro atoms. The normalized spacial score (nSPS) is 14.9. The third-order valence-corrected chi connectivity index (χ3v) is 6.08. The Morgan fingerprint density at radius 2 is 2.05 bits per heavy atom. The van der Waals surface area contributed by atoms with Gasteiger partial charge in [-0.2, -0.15) is 0 Å². The molecule has 0 atom stereocenters. The molecule has 0 bridgehead atoms. The van der Waals surface area contributed by atoms with Gasteiger partial charge >= 0.3 is 0 Å². The lowest BCUT2D eigenvalue weighted by atomic mass is 10.1. The van der Waals surface area contributed by atoms with Crippen LogP contribution in [-0.2, 0) is 12.8 Å². The topological polar surface area (TPSA) is 52.0 Å². The van der Waals surface area contributed by atoms with Crippen molar-refractivity contribution in [3.8, 4) is 21.1 Å². The van der Waals surface area contributed by atoms with Crippen LogP contribution in [0.5, 0.6) is 0 Å². The Morgan fingerprint density at radius 1 is 1.14 bits per heavy atom. The van der Waals surface area contributed by atoms with Gasteiger partial charge in [-0.3, -0.25) is 0 Å². The fraction of sp³-hybridized carbons (Fsp3) is 0.312. The fourth-order valence-corrected chi connectivity index (χ4v) is 4.92. The SMILES string of the molecule is Nc1noc(-c2cc3c(s2)CCCCC3)c1-c1cccs1. The predicted molar refractivity (Wildman–Crippen MR) is 88.8 cm³/mol. The molecule has 5 heteroatoms. The van der Waals surface area contributed by atoms with Crippen molar-refractivity contribution >= 4 is 28.5 Å². The fourth-order valence-electron chi connectivity index (χ4n) is 2.91. The molecule has 108 valence electrons. The van der Waals surface area contributed by atoms with Gasteiger partial charge in [0.15, 0.2) is 11.6 Å². The number of nitrogens with two attached hydrogens (primary N) is 1. The largest absolute Gasteiger partial charge is 0.380 e. The molecular formula is C16H16N2OS2. The summed E-state index contributed by atoms with van der Waals surface area (Å²) in [4.78, 5) is 3.79. The molecule has 1 aliphatic rings. The minimum Gasteiger partial charge on any atom is -0.380 e. The van der Waals surface area contributed by atoms with Crippen LogP contribution in [0.2, 0.25) is 0 Å². The Bertz CT molecular complexity index is 732. The van der Waals surface area contributed by atoms with Crippen LogP contribution >= 0.6 is 22.7 Å². The average molecular weight is 316 g/mol. The van der Waals surface area contributed by atoms with Crippen LogP contribution in [0.3, 0.4) is 0 Å². The lowest BCUT2D eigenvalue weighted by Gasteiger charge is -1.97. The molecule has 3 heterocycles. The minimum absolute atomic E-state index is 0.482. The van der Waals surface area contributed by atoms with Crippen molar-refractivity contribution in [2.75, 3.05) is 5.73 Å². The molecule has 4 rings (SSSR count). The average Bonchev–Trinajstić information content (AvgIpc) is 3.17. The van der Waals surface area contributed by atoms with Crippen molar-refractivity contribution in [3.63, 3.8) is 0 Å². The van der Waals surface area contributed by atoms with Crippen LogP contribution in [-0.4, -0.2) is 5.16 Å². The summed E-state index contributed by atoms with van der Waals surface area (Å²) in [5.41, 5.74) is 8.46. The van der Waals surface area contributed by atoms with Crippen LogP contribution in [0, 0.1) is 0 Å². The molecule has 0 unspecified atom stereocenters. The summed E-state index contributed by atoms with van der Waals surface area (Å²) in [7, 11) is 0. The van der Waals surface area contributed by atoms with Crippen molar-refractivity contribution in [2.24, 2.45) is 0 Å². The predicted octanol–water partition coefficient (Wildman–Crippen LogP) is 4.98. The third-order valence-electron chi connectivity index (χ3n) is 3.96. The van der Waals surface area contributed by atoms with Gasteiger partial charge in [-0.05, 0) is 48.8 Å². The minimum atomic E-state index is 0.482. The second kappa shape index (κ2) is 5.31. The summed E-state index contributed by atoms with van der Waals surface area (Å²) in [5.74, 6) is 1.31. The molecule has 0 fully saturated rings. The van der Waals surface area contributed by atoms with E-state index in [1.54, 1.807) is 11.3 Å². The van der Waals surface area contributed by atoms with Gasteiger partial charge in [0.1, 0.15) is 0 Å². The summed E-state index contributed by atoms with van der Waals surface area (Å²) in [6.45, 7) is 0. The summed E-state index contributed by atoms with van der Waals surface area (Å²) < 4.78 is 5.56. The van der Waals surface area contributed by atoms with Crippen LogP contribution in [0.25, 0.3) is 21.1 Å². The van der Waals surface area contributed by atoms with Crippen LogP contribution in [0.1, 0.15) is 29.7 Å². The molecule has 21 heavy (non-hydrogen) atoms. The highest BCUT2D eigenvalue weighted by atomic mass is 32.1. The maximum absolute atomic E-state index is 6.02. The van der Waals surface area contributed by atoms with Crippen molar-refractivity contribution < 1.29 is 4.52 Å². The lowest BCUT2D eigenvalue weighted by Crippen LogP contribution is -1.86. The van der Waals surface area contributed by atoms with Gasteiger partial charge in [0.05, 0.1) is 10.4 Å². The van der Waals surface area contributed by atoms with Crippen molar-refractivity contribution in [1.29, 1.82) is 0 Å². The van der Waals surface area contributed by atoms with Crippen molar-refractivity contribution in [2.45, 2.75) is 32.1 Å². The molecule has 2 N–H and O–H groups in total. The van der Waals surface area contributed by atoms with Gasteiger partial charge in [-0.15, -0.1) is 22.7 Å². The number of aryl methyl sites for hydroxylation is 2. The zero-order chi connectivity index (χ0) is 14.2. The number of hydrogen-bond donors (Lipinski definition) is 1. The highest BCUT2D eigenvalue weighted by Crippen LogP contribution is 2.43. The van der Waals surface area contributed by atoms with E-state index in [2.05, 4.69) is 22.7 Å². The van der Waals surface area contributed by atoms with E-state index in [-0.39, 0.29) is 0 Å². The molecule has 3 nitrogen and oxygen atoms in total. The van der Waals surface area contributed by atoms with Crippen LogP contribution < -0.4 is 5.73 Å². The highest BCUT2D eigenvalue weighted by molar-refractivity contribution is 7.16. The standard InChI is InChI=1S/C16H16N2OS2/c17-16-14(12-7-4-8-20-12)15(19-18-16)13-9-10-5-2-1-3-6-11(10)21-13/h4,7-9H,1-3,5-6H2,(H2,17,18). The number of fused-ring (bicyclic) bond motifs is 1. The molecule has 3 aromatic heterocycles. The maximum atomic E-state index is 6.02. The third kappa shape index (κ3) is 2.30. The second-order valence-corrected chi connectivity index (χ2v) is 7.45. The lowest BCUT2D eigenvalue weighted by molar-refractivity contribution is 0.437. The Balaban J connectivity index is 1.81. The molecule has 1 aliphatic carbocycles. The van der Waals surface area contributed by atoms with Crippen LogP contribution in [0.15, 0.2) is 28.1 Å². The van der Waals surface area contributed by atoms with E-state index in [1.807, 2.05) is 17.4 Å². The monoisotopic (exact) mass is 316 g/mol. The molecule has 0 aliphatic heterocycles. The molecule has 0 amide bonds. The van der Waals surface area contributed by atoms with Gasteiger partial charge in [0.25, 0.3) is 0 Å². The van der Waals surface area contributed by atoms with E-state index in [1.165, 1.54) is 42.5 Å². The van der Waals surface area contributed by atoms with E-state index in [4.69, 9.17) is 10.3 Å². The molecular weight excluding hydrogens is 300 g/mol. The number of aromatic nitrogens is 1. The Hall–Kier alpha value is -1.59. The first-order valence-electron chi connectivity index (χ1n) is 7.24. The molecule has 3 aromatic rings. The van der Waals surface area contributed by atoms with E-state index < -0.39 is 0 Å². The first kappa shape index (κ1) is 13.1. The molecule has 0 saturated heterocycles. The van der Waals surface area contributed by atoms with E-state index >= 15 is 0 Å². The number of nitrogens with zero attached hydrogens (tertiary/aromatic N) is 1. The Kier molecular flexibility index (Phi) is 3.31. The van der Waals surface area contributed by atoms with Gasteiger partial charge in [-0.1, -0.05) is 17.6 Å². The maximum Gasteiger partial charge on any atom is 0.187 e. The summed E-state index contributed by atoms with van der Waals surface area (Å²) in [6, 6.07) is 6.37. The summed E-state index contributed by atoms with van der Waals surface area (Å²) in [6.07, 6.45) is 6.30. The van der Waals surface area contributed by atoms with Gasteiger partial charge < -0.3 is 10.3 Å².